The normalized spacial score (nSPS) is 12.9. The molecule has 2 N–H and O–H groups in total. The van der Waals surface area contributed by atoms with E-state index in [0.717, 1.165) is 36.4 Å². The molecule has 2 amide bonds. The highest BCUT2D eigenvalue weighted by atomic mass is 35.5. The molecule has 0 saturated heterocycles. The number of hydrogen-bond donors (Lipinski definition) is 2. The monoisotopic (exact) mass is 575 g/mol. The fourth-order valence-corrected chi connectivity index (χ4v) is 3.39. The Balaban J connectivity index is 2.28. The molecule has 2 rings (SSSR count). The van der Waals surface area contributed by atoms with Gasteiger partial charge in [-0.2, -0.15) is 26.3 Å². The first-order valence-electron chi connectivity index (χ1n) is 9.79. The number of carbonyl (C=O) groups is 2. The van der Waals surface area contributed by atoms with Gasteiger partial charge >= 0.3 is 12.4 Å². The molecule has 1 atom stereocenters. The van der Waals surface area contributed by atoms with Crippen LogP contribution in [-0.2, 0) is 4.79 Å². The molecule has 0 saturated carbocycles. The molecule has 0 bridgehead atoms. The minimum atomic E-state index is -4.89. The lowest BCUT2D eigenvalue weighted by Crippen LogP contribution is -2.41. The summed E-state index contributed by atoms with van der Waals surface area (Å²) in [7, 11) is 0. The quantitative estimate of drug-likeness (QED) is 0.179. The molecule has 16 heteroatoms. The van der Waals surface area contributed by atoms with E-state index in [2.05, 4.69) is 0 Å². The van der Waals surface area contributed by atoms with Crippen LogP contribution in [0.5, 0.6) is 0 Å². The highest BCUT2D eigenvalue weighted by Gasteiger charge is 2.39. The lowest BCUT2D eigenvalue weighted by atomic mass is 9.96. The van der Waals surface area contributed by atoms with Crippen molar-refractivity contribution in [3.63, 3.8) is 0 Å². The second kappa shape index (κ2) is 11.8. The van der Waals surface area contributed by atoms with Gasteiger partial charge in [0.2, 0.25) is 5.91 Å². The van der Waals surface area contributed by atoms with Gasteiger partial charge in [-0.15, -0.1) is 0 Å². The number of nitrogens with one attached hydrogen (secondary N) is 2. The summed E-state index contributed by atoms with van der Waals surface area (Å²) in [5.41, 5.74) is -2.10. The molecule has 0 aliphatic heterocycles. The van der Waals surface area contributed by atoms with Crippen LogP contribution in [0.2, 0.25) is 10.0 Å². The Labute approximate surface area is 213 Å². The fourth-order valence-electron chi connectivity index (χ4n) is 2.88. The maximum atomic E-state index is 13.6. The number of halogens is 9. The average molecular weight is 576 g/mol. The zero-order valence-electron chi connectivity index (χ0n) is 18.0. The van der Waals surface area contributed by atoms with Crippen molar-refractivity contribution in [1.29, 1.82) is 0 Å². The van der Waals surface area contributed by atoms with Crippen LogP contribution in [0.15, 0.2) is 36.4 Å². The molecular weight excluding hydrogens is 562 g/mol. The number of amides is 2. The van der Waals surface area contributed by atoms with Crippen molar-refractivity contribution in [3.05, 3.63) is 79.1 Å². The van der Waals surface area contributed by atoms with Crippen molar-refractivity contribution in [3.8, 4) is 0 Å². The highest BCUT2D eigenvalue weighted by molar-refractivity contribution is 6.35. The van der Waals surface area contributed by atoms with Crippen LogP contribution in [0.1, 0.15) is 27.4 Å². The topological polar surface area (TPSA) is 101 Å². The van der Waals surface area contributed by atoms with E-state index in [1.54, 1.807) is 0 Å². The van der Waals surface area contributed by atoms with Crippen LogP contribution in [0.4, 0.5) is 36.4 Å². The SMILES string of the molecule is O=C(CNC(=O)c1ccc(C=CC(c2cc(Cl)c(F)c(Cl)c2)C(F)(F)F)cc1[N+](=O)[O-])NCC(F)(F)F. The average Bonchev–Trinajstić information content (AvgIpc) is 2.78. The summed E-state index contributed by atoms with van der Waals surface area (Å²) < 4.78 is 90.8. The Morgan fingerprint density at radius 2 is 1.62 bits per heavy atom. The first-order valence-corrected chi connectivity index (χ1v) is 10.5. The molecule has 0 aromatic heterocycles. The van der Waals surface area contributed by atoms with Crippen molar-refractivity contribution < 1.29 is 45.2 Å². The van der Waals surface area contributed by atoms with Gasteiger partial charge in [0.1, 0.15) is 12.1 Å². The maximum Gasteiger partial charge on any atom is 0.405 e. The number of carbonyl (C=O) groups excluding carboxylic acids is 2. The summed E-state index contributed by atoms with van der Waals surface area (Å²) >= 11 is 11.2. The second-order valence-corrected chi connectivity index (χ2v) is 8.10. The Morgan fingerprint density at radius 1 is 1.03 bits per heavy atom. The molecule has 200 valence electrons. The third-order valence-electron chi connectivity index (χ3n) is 4.56. The van der Waals surface area contributed by atoms with Crippen LogP contribution >= 0.6 is 23.2 Å². The van der Waals surface area contributed by atoms with Gasteiger partial charge in [0.05, 0.1) is 27.4 Å². The molecular formula is C21H14Cl2F7N3O4. The number of nitrogens with zero attached hydrogens (tertiary/aromatic N) is 1. The Hall–Kier alpha value is -3.39. The fraction of sp³-hybridized carbons (Fsp3) is 0.238. The summed E-state index contributed by atoms with van der Waals surface area (Å²) in [6.07, 6.45) is -8.10. The van der Waals surface area contributed by atoms with Crippen molar-refractivity contribution in [1.82, 2.24) is 10.6 Å². The van der Waals surface area contributed by atoms with Gasteiger partial charge in [0.15, 0.2) is 5.82 Å². The van der Waals surface area contributed by atoms with Gasteiger partial charge in [0, 0.05) is 6.07 Å². The van der Waals surface area contributed by atoms with E-state index in [1.807, 2.05) is 5.32 Å². The molecule has 2 aromatic rings. The van der Waals surface area contributed by atoms with Gasteiger partial charge in [-0.1, -0.05) is 41.4 Å². The third-order valence-corrected chi connectivity index (χ3v) is 5.11. The maximum absolute atomic E-state index is 13.6. The first kappa shape index (κ1) is 29.8. The summed E-state index contributed by atoms with van der Waals surface area (Å²) in [5, 5.41) is 13.5. The zero-order chi connectivity index (χ0) is 28.1. The summed E-state index contributed by atoms with van der Waals surface area (Å²) in [5.74, 6) is -5.85. The van der Waals surface area contributed by atoms with Crippen LogP contribution in [0.25, 0.3) is 6.08 Å². The van der Waals surface area contributed by atoms with Gasteiger partial charge < -0.3 is 10.6 Å². The molecule has 1 unspecified atom stereocenters. The second-order valence-electron chi connectivity index (χ2n) is 7.29. The number of nitro groups is 1. The molecule has 0 heterocycles. The summed E-state index contributed by atoms with van der Waals surface area (Å²) in [6, 6.07) is 4.17. The van der Waals surface area contributed by atoms with Crippen molar-refractivity contribution >= 4 is 46.8 Å². The minimum absolute atomic E-state index is 0.139. The largest absolute Gasteiger partial charge is 0.405 e. The van der Waals surface area contributed by atoms with Crippen molar-refractivity contribution in [2.45, 2.75) is 18.3 Å². The molecule has 0 aliphatic rings. The van der Waals surface area contributed by atoms with Crippen molar-refractivity contribution in [2.75, 3.05) is 13.1 Å². The van der Waals surface area contributed by atoms with Crippen LogP contribution in [0.3, 0.4) is 0 Å². The Morgan fingerprint density at radius 3 is 2.14 bits per heavy atom. The van der Waals surface area contributed by atoms with E-state index in [1.165, 1.54) is 5.32 Å². The standard InChI is InChI=1S/C21H14Cl2F7N3O4/c22-14-6-11(7-15(23)18(14)24)13(21(28,29)30)4-2-10-1-3-12(16(5-10)33(36)37)19(35)31-8-17(34)32-9-20(25,26)27/h1-7,13H,8-9H2,(H,31,35)(H,32,34). The molecule has 0 aliphatic carbocycles. The molecule has 2 aromatic carbocycles. The Bertz CT molecular complexity index is 1210. The van der Waals surface area contributed by atoms with E-state index in [0.29, 0.717) is 6.08 Å². The van der Waals surface area contributed by atoms with E-state index < -0.39 is 80.8 Å². The van der Waals surface area contributed by atoms with Crippen molar-refractivity contribution in [2.24, 2.45) is 0 Å². The predicted molar refractivity (Wildman–Crippen MR) is 119 cm³/mol. The number of nitro benzene ring substituents is 1. The smallest absolute Gasteiger partial charge is 0.345 e. The molecule has 7 nitrogen and oxygen atoms in total. The minimum Gasteiger partial charge on any atom is -0.345 e. The van der Waals surface area contributed by atoms with Crippen LogP contribution in [0, 0.1) is 15.9 Å². The molecule has 0 radical (unpaired) electrons. The lowest BCUT2D eigenvalue weighted by Gasteiger charge is -2.18. The molecule has 0 spiro atoms. The van der Waals surface area contributed by atoms with E-state index >= 15 is 0 Å². The lowest BCUT2D eigenvalue weighted by molar-refractivity contribution is -0.385. The highest BCUT2D eigenvalue weighted by Crippen LogP contribution is 2.39. The molecule has 37 heavy (non-hydrogen) atoms. The number of allylic oxidation sites excluding steroid dienone is 1. The Kier molecular flexibility index (Phi) is 9.49. The third kappa shape index (κ3) is 8.60. The summed E-state index contributed by atoms with van der Waals surface area (Å²) in [6.45, 7) is -2.58. The predicted octanol–water partition coefficient (Wildman–Crippen LogP) is 5.81. The first-order chi connectivity index (χ1) is 17.0. The molecule has 0 fully saturated rings. The van der Waals surface area contributed by atoms with Gasteiger partial charge in [-0.25, -0.2) is 4.39 Å². The van der Waals surface area contributed by atoms with Crippen LogP contribution in [-0.4, -0.2) is 42.2 Å². The van der Waals surface area contributed by atoms with E-state index in [-0.39, 0.29) is 5.56 Å². The zero-order valence-corrected chi connectivity index (χ0v) is 19.5. The van der Waals surface area contributed by atoms with Gasteiger partial charge in [0.25, 0.3) is 11.6 Å². The number of alkyl halides is 6. The number of hydrogen-bond acceptors (Lipinski definition) is 4. The number of rotatable bonds is 8. The van der Waals surface area contributed by atoms with Gasteiger partial charge in [-0.3, -0.25) is 19.7 Å². The van der Waals surface area contributed by atoms with E-state index in [9.17, 15) is 50.4 Å². The van der Waals surface area contributed by atoms with E-state index in [4.69, 9.17) is 23.2 Å². The number of benzene rings is 2. The van der Waals surface area contributed by atoms with Crippen LogP contribution < -0.4 is 10.6 Å². The van der Waals surface area contributed by atoms with Gasteiger partial charge in [-0.05, 0) is 29.3 Å². The summed E-state index contributed by atoms with van der Waals surface area (Å²) in [4.78, 5) is 34.0.